The molecule has 106 valence electrons. The van der Waals surface area contributed by atoms with Gasteiger partial charge in [0.15, 0.2) is 0 Å². The second-order valence-electron chi connectivity index (χ2n) is 5.31. The molecule has 0 spiro atoms. The quantitative estimate of drug-likeness (QED) is 0.872. The van der Waals surface area contributed by atoms with Crippen LogP contribution in [0.2, 0.25) is 0 Å². The molecule has 1 amide bonds. The van der Waals surface area contributed by atoms with Gasteiger partial charge in [-0.1, -0.05) is 37.3 Å². The second kappa shape index (κ2) is 6.92. The first-order valence-corrected chi connectivity index (χ1v) is 6.76. The first-order chi connectivity index (χ1) is 8.64. The predicted molar refractivity (Wildman–Crippen MR) is 80.5 cm³/mol. The van der Waals surface area contributed by atoms with E-state index in [0.717, 1.165) is 24.8 Å². The molecule has 1 aliphatic rings. The Kier molecular flexibility index (Phi) is 5.83. The lowest BCUT2D eigenvalue weighted by Gasteiger charge is -2.38. The molecular weight excluding hydrogens is 260 g/mol. The van der Waals surface area contributed by atoms with Crippen molar-refractivity contribution in [2.24, 2.45) is 5.73 Å². The zero-order valence-corrected chi connectivity index (χ0v) is 12.2. The van der Waals surface area contributed by atoms with E-state index in [9.17, 15) is 4.79 Å². The molecule has 3 nitrogen and oxygen atoms in total. The molecular formula is C15H23ClN2O. The van der Waals surface area contributed by atoms with Crippen LogP contribution >= 0.6 is 12.4 Å². The third-order valence-electron chi connectivity index (χ3n) is 3.89. The van der Waals surface area contributed by atoms with Gasteiger partial charge in [-0.05, 0) is 31.2 Å². The van der Waals surface area contributed by atoms with Crippen LogP contribution in [0.1, 0.15) is 44.1 Å². The summed E-state index contributed by atoms with van der Waals surface area (Å²) in [6.45, 7) is 2.65. The molecule has 19 heavy (non-hydrogen) atoms. The van der Waals surface area contributed by atoms with Gasteiger partial charge in [-0.25, -0.2) is 0 Å². The van der Waals surface area contributed by atoms with Crippen molar-refractivity contribution in [3.8, 4) is 0 Å². The normalized spacial score (nSPS) is 17.8. The fraction of sp³-hybridized carbons (Fsp3) is 0.533. The minimum atomic E-state index is -0.148. The second-order valence-corrected chi connectivity index (χ2v) is 5.31. The van der Waals surface area contributed by atoms with Crippen molar-refractivity contribution in [2.75, 3.05) is 6.54 Å². The van der Waals surface area contributed by atoms with Crippen molar-refractivity contribution in [3.63, 3.8) is 0 Å². The van der Waals surface area contributed by atoms with Crippen molar-refractivity contribution in [3.05, 3.63) is 35.9 Å². The van der Waals surface area contributed by atoms with Gasteiger partial charge in [0.25, 0.3) is 0 Å². The lowest BCUT2D eigenvalue weighted by molar-refractivity contribution is -0.123. The average molecular weight is 283 g/mol. The number of hydrogen-bond donors (Lipinski definition) is 2. The molecule has 2 rings (SSSR count). The topological polar surface area (TPSA) is 55.1 Å². The molecule has 0 aliphatic heterocycles. The van der Waals surface area contributed by atoms with Gasteiger partial charge in [0.2, 0.25) is 5.91 Å². The lowest BCUT2D eigenvalue weighted by Crippen LogP contribution is -2.55. The number of halogens is 1. The summed E-state index contributed by atoms with van der Waals surface area (Å²) in [5.74, 6) is 0.0373. The maximum absolute atomic E-state index is 12.2. The highest BCUT2D eigenvalue weighted by Crippen LogP contribution is 2.28. The molecule has 4 heteroatoms. The molecule has 1 aromatic carbocycles. The third kappa shape index (κ3) is 3.95. The molecule has 1 fully saturated rings. The third-order valence-corrected chi connectivity index (χ3v) is 3.89. The summed E-state index contributed by atoms with van der Waals surface area (Å²) in [5, 5.41) is 3.01. The molecule has 0 heterocycles. The minimum Gasteiger partial charge on any atom is -0.354 e. The number of amides is 1. The summed E-state index contributed by atoms with van der Waals surface area (Å²) >= 11 is 0. The molecule has 1 aliphatic carbocycles. The number of benzene rings is 1. The van der Waals surface area contributed by atoms with Gasteiger partial charge in [0.1, 0.15) is 0 Å². The summed E-state index contributed by atoms with van der Waals surface area (Å²) in [6.07, 6.45) is 4.04. The molecule has 1 unspecified atom stereocenters. The first kappa shape index (κ1) is 16.0. The Labute approximate surface area is 121 Å². The molecule has 0 radical (unpaired) electrons. The molecule has 0 bridgehead atoms. The van der Waals surface area contributed by atoms with Gasteiger partial charge in [-0.15, -0.1) is 12.4 Å². The van der Waals surface area contributed by atoms with E-state index in [1.807, 2.05) is 37.3 Å². The van der Waals surface area contributed by atoms with E-state index in [1.54, 1.807) is 0 Å². The van der Waals surface area contributed by atoms with Gasteiger partial charge in [-0.3, -0.25) is 4.79 Å². The number of carbonyl (C=O) groups is 1. The van der Waals surface area contributed by atoms with E-state index in [4.69, 9.17) is 5.73 Å². The summed E-state index contributed by atoms with van der Waals surface area (Å²) < 4.78 is 0. The zero-order chi connectivity index (χ0) is 13.0. The number of hydrogen-bond acceptors (Lipinski definition) is 2. The van der Waals surface area contributed by atoms with Gasteiger partial charge >= 0.3 is 0 Å². The molecule has 1 aromatic rings. The van der Waals surface area contributed by atoms with E-state index < -0.39 is 0 Å². The molecule has 3 N–H and O–H groups in total. The molecule has 0 aromatic heterocycles. The standard InChI is InChI=1S/C15H22N2O.ClH/c1-2-13(12-7-4-3-5-8-12)14(18)17-11-15(16)9-6-10-15;/h3-5,7-8,13H,2,6,9-11,16H2,1H3,(H,17,18);1H. The SMILES string of the molecule is CCC(C(=O)NCC1(N)CCC1)c1ccccc1.Cl. The number of nitrogens with two attached hydrogens (primary N) is 1. The molecule has 1 saturated carbocycles. The van der Waals surface area contributed by atoms with E-state index >= 15 is 0 Å². The molecule has 1 atom stereocenters. The lowest BCUT2D eigenvalue weighted by atomic mass is 9.77. The van der Waals surface area contributed by atoms with Crippen LogP contribution in [0.5, 0.6) is 0 Å². The molecule has 0 saturated heterocycles. The van der Waals surface area contributed by atoms with Crippen LogP contribution < -0.4 is 11.1 Å². The van der Waals surface area contributed by atoms with Crippen molar-refractivity contribution in [1.29, 1.82) is 0 Å². The summed E-state index contributed by atoms with van der Waals surface area (Å²) in [7, 11) is 0. The predicted octanol–water partition coefficient (Wildman–Crippen LogP) is 2.60. The van der Waals surface area contributed by atoms with Crippen LogP contribution in [0.4, 0.5) is 0 Å². The van der Waals surface area contributed by atoms with Crippen molar-refractivity contribution >= 4 is 18.3 Å². The number of rotatable bonds is 5. The van der Waals surface area contributed by atoms with E-state index in [1.165, 1.54) is 6.42 Å². The highest BCUT2D eigenvalue weighted by Gasteiger charge is 2.33. The van der Waals surface area contributed by atoms with Gasteiger partial charge in [0, 0.05) is 12.1 Å². The monoisotopic (exact) mass is 282 g/mol. The Morgan fingerprint density at radius 3 is 2.47 bits per heavy atom. The van der Waals surface area contributed by atoms with E-state index in [2.05, 4.69) is 5.32 Å². The van der Waals surface area contributed by atoms with Gasteiger partial charge < -0.3 is 11.1 Å². The van der Waals surface area contributed by atoms with Crippen LogP contribution in [0.3, 0.4) is 0 Å². The smallest absolute Gasteiger partial charge is 0.227 e. The van der Waals surface area contributed by atoms with Crippen LogP contribution in [-0.2, 0) is 4.79 Å². The zero-order valence-electron chi connectivity index (χ0n) is 11.4. The maximum Gasteiger partial charge on any atom is 0.227 e. The fourth-order valence-corrected chi connectivity index (χ4v) is 2.45. The van der Waals surface area contributed by atoms with Crippen molar-refractivity contribution in [2.45, 2.75) is 44.1 Å². The van der Waals surface area contributed by atoms with E-state index in [-0.39, 0.29) is 29.8 Å². The maximum atomic E-state index is 12.2. The first-order valence-electron chi connectivity index (χ1n) is 6.76. The Hall–Kier alpha value is -1.06. The van der Waals surface area contributed by atoms with Gasteiger partial charge in [0.05, 0.1) is 5.92 Å². The largest absolute Gasteiger partial charge is 0.354 e. The van der Waals surface area contributed by atoms with Crippen LogP contribution in [0.15, 0.2) is 30.3 Å². The van der Waals surface area contributed by atoms with Crippen molar-refractivity contribution in [1.82, 2.24) is 5.32 Å². The number of nitrogens with one attached hydrogen (secondary N) is 1. The van der Waals surface area contributed by atoms with Crippen LogP contribution in [0.25, 0.3) is 0 Å². The summed E-state index contributed by atoms with van der Waals surface area (Å²) in [6, 6.07) is 9.94. The Morgan fingerprint density at radius 2 is 2.00 bits per heavy atom. The summed E-state index contributed by atoms with van der Waals surface area (Å²) in [5.41, 5.74) is 7.05. The minimum absolute atomic E-state index is 0. The Balaban J connectivity index is 0.00000180. The highest BCUT2D eigenvalue weighted by atomic mass is 35.5. The van der Waals surface area contributed by atoms with Crippen molar-refractivity contribution < 1.29 is 4.79 Å². The van der Waals surface area contributed by atoms with E-state index in [0.29, 0.717) is 6.54 Å². The summed E-state index contributed by atoms with van der Waals surface area (Å²) in [4.78, 5) is 12.2. The van der Waals surface area contributed by atoms with Gasteiger partial charge in [-0.2, -0.15) is 0 Å². The highest BCUT2D eigenvalue weighted by molar-refractivity contribution is 5.85. The Bertz CT molecular complexity index is 404. The fourth-order valence-electron chi connectivity index (χ4n) is 2.45. The number of carbonyl (C=O) groups excluding carboxylic acids is 1. The van der Waals surface area contributed by atoms with Crippen LogP contribution in [0, 0.1) is 0 Å². The Morgan fingerprint density at radius 1 is 1.37 bits per heavy atom. The average Bonchev–Trinajstić information content (AvgIpc) is 2.36. The van der Waals surface area contributed by atoms with Crippen LogP contribution in [-0.4, -0.2) is 18.0 Å².